The molecule has 2 aliphatic heterocycles. The monoisotopic (exact) mass is 437 g/mol. The van der Waals surface area contributed by atoms with Crippen LogP contribution in [0.25, 0.3) is 0 Å². The number of sulfone groups is 1. The molecule has 0 bridgehead atoms. The third-order valence-electron chi connectivity index (χ3n) is 7.48. The van der Waals surface area contributed by atoms with Crippen molar-refractivity contribution in [3.05, 3.63) is 30.3 Å². The van der Waals surface area contributed by atoms with Gasteiger partial charge < -0.3 is 4.43 Å². The molecule has 0 radical (unpaired) electrons. The molecule has 0 aromatic heterocycles. The van der Waals surface area contributed by atoms with E-state index >= 15 is 0 Å². The topological polar surface area (TPSA) is 46.6 Å². The van der Waals surface area contributed by atoms with E-state index in [2.05, 4.69) is 45.7 Å². The molecular formula is C23H39NO3SSi. The molecule has 0 spiro atoms. The van der Waals surface area contributed by atoms with E-state index in [1.807, 2.05) is 18.2 Å². The molecule has 2 saturated heterocycles. The van der Waals surface area contributed by atoms with Crippen molar-refractivity contribution in [2.45, 2.75) is 107 Å². The number of hydrogen-bond acceptors (Lipinski definition) is 4. The van der Waals surface area contributed by atoms with Crippen LogP contribution in [0.15, 0.2) is 35.2 Å². The Morgan fingerprint density at radius 3 is 2.34 bits per heavy atom. The van der Waals surface area contributed by atoms with E-state index in [0.29, 0.717) is 10.9 Å². The molecule has 3 rings (SSSR count). The zero-order valence-corrected chi connectivity index (χ0v) is 20.8. The second-order valence-electron chi connectivity index (χ2n) is 10.5. The smallest absolute Gasteiger partial charge is 0.192 e. The molecule has 2 fully saturated rings. The Kier molecular flexibility index (Phi) is 6.69. The van der Waals surface area contributed by atoms with Gasteiger partial charge in [-0.25, -0.2) is 8.42 Å². The minimum Gasteiger partial charge on any atom is -0.412 e. The van der Waals surface area contributed by atoms with Crippen LogP contribution >= 0.6 is 0 Å². The summed E-state index contributed by atoms with van der Waals surface area (Å²) in [5, 5.41) is 0.182. The Labute approximate surface area is 179 Å². The summed E-state index contributed by atoms with van der Waals surface area (Å²) in [6.45, 7) is 13.7. The molecule has 0 aliphatic carbocycles. The second-order valence-corrected chi connectivity index (χ2v) is 17.3. The summed E-state index contributed by atoms with van der Waals surface area (Å²) in [7, 11) is -5.14. The summed E-state index contributed by atoms with van der Waals surface area (Å²) in [4.78, 5) is 2.96. The van der Waals surface area contributed by atoms with Crippen molar-refractivity contribution in [2.75, 3.05) is 5.75 Å². The Bertz CT molecular complexity index is 788. The van der Waals surface area contributed by atoms with Gasteiger partial charge in [-0.15, -0.1) is 0 Å². The fourth-order valence-corrected chi connectivity index (χ4v) is 7.83. The zero-order valence-electron chi connectivity index (χ0n) is 19.0. The van der Waals surface area contributed by atoms with E-state index in [1.165, 1.54) is 6.42 Å². The number of piperidine rings is 2. The maximum atomic E-state index is 13.1. The Morgan fingerprint density at radius 2 is 1.72 bits per heavy atom. The fraction of sp³-hybridized carbons (Fsp3) is 0.739. The van der Waals surface area contributed by atoms with Crippen LogP contribution in [0.1, 0.15) is 59.8 Å². The maximum Gasteiger partial charge on any atom is 0.192 e. The molecule has 0 N–H and O–H groups in total. The molecule has 6 heteroatoms. The summed E-state index contributed by atoms with van der Waals surface area (Å²) in [6.07, 6.45) is 5.67. The predicted octanol–water partition coefficient (Wildman–Crippen LogP) is 5.26. The van der Waals surface area contributed by atoms with Gasteiger partial charge in [-0.1, -0.05) is 45.4 Å². The van der Waals surface area contributed by atoms with Crippen LogP contribution in [0.2, 0.25) is 18.1 Å². The molecule has 0 unspecified atom stereocenters. The lowest BCUT2D eigenvalue weighted by molar-refractivity contribution is -0.0468. The number of fused-ring (bicyclic) bond motifs is 1. The summed E-state index contributed by atoms with van der Waals surface area (Å²) >= 11 is 0. The lowest BCUT2D eigenvalue weighted by Crippen LogP contribution is -2.62. The summed E-state index contributed by atoms with van der Waals surface area (Å²) < 4.78 is 33.0. The highest BCUT2D eigenvalue weighted by Crippen LogP contribution is 2.41. The first-order chi connectivity index (χ1) is 13.4. The molecule has 29 heavy (non-hydrogen) atoms. The molecule has 164 valence electrons. The normalized spacial score (nSPS) is 29.4. The summed E-state index contributed by atoms with van der Waals surface area (Å²) in [6, 6.07) is 9.77. The van der Waals surface area contributed by atoms with Gasteiger partial charge in [0, 0.05) is 18.1 Å². The summed E-state index contributed by atoms with van der Waals surface area (Å²) in [5.41, 5.74) is 0. The van der Waals surface area contributed by atoms with Crippen molar-refractivity contribution in [2.24, 2.45) is 0 Å². The van der Waals surface area contributed by atoms with E-state index in [1.54, 1.807) is 12.1 Å². The third kappa shape index (κ3) is 4.97. The van der Waals surface area contributed by atoms with E-state index in [9.17, 15) is 8.42 Å². The van der Waals surface area contributed by atoms with Gasteiger partial charge in [0.2, 0.25) is 0 Å². The van der Waals surface area contributed by atoms with Gasteiger partial charge in [0.25, 0.3) is 0 Å². The van der Waals surface area contributed by atoms with Gasteiger partial charge in [0.1, 0.15) is 0 Å². The minimum atomic E-state index is -3.28. The van der Waals surface area contributed by atoms with Crippen LogP contribution in [0.4, 0.5) is 0 Å². The number of nitrogens with zero attached hydrogens (tertiary/aromatic N) is 1. The molecule has 1 aromatic rings. The second kappa shape index (κ2) is 8.44. The molecule has 0 saturated carbocycles. The highest BCUT2D eigenvalue weighted by atomic mass is 32.2. The molecule has 2 heterocycles. The maximum absolute atomic E-state index is 13.1. The van der Waals surface area contributed by atoms with Gasteiger partial charge >= 0.3 is 0 Å². The van der Waals surface area contributed by atoms with Crippen molar-refractivity contribution >= 4 is 18.2 Å². The van der Waals surface area contributed by atoms with Crippen molar-refractivity contribution in [3.8, 4) is 0 Å². The Hall–Kier alpha value is -0.693. The largest absolute Gasteiger partial charge is 0.412 e. The predicted molar refractivity (Wildman–Crippen MR) is 123 cm³/mol. The molecular weight excluding hydrogens is 398 g/mol. The lowest BCUT2D eigenvalue weighted by atomic mass is 9.85. The van der Waals surface area contributed by atoms with Crippen molar-refractivity contribution < 1.29 is 12.8 Å². The highest BCUT2D eigenvalue weighted by Gasteiger charge is 2.46. The quantitative estimate of drug-likeness (QED) is 0.590. The summed E-state index contributed by atoms with van der Waals surface area (Å²) in [5.74, 6) is 0.213. The Morgan fingerprint density at radius 1 is 1.07 bits per heavy atom. The van der Waals surface area contributed by atoms with Crippen LogP contribution in [0.5, 0.6) is 0 Å². The Balaban J connectivity index is 1.79. The van der Waals surface area contributed by atoms with Gasteiger partial charge in [-0.2, -0.15) is 0 Å². The zero-order chi connectivity index (χ0) is 21.4. The number of hydrogen-bond donors (Lipinski definition) is 0. The van der Waals surface area contributed by atoms with Crippen molar-refractivity contribution in [1.82, 2.24) is 4.90 Å². The lowest BCUT2D eigenvalue weighted by Gasteiger charge is -2.53. The van der Waals surface area contributed by atoms with Crippen LogP contribution in [-0.2, 0) is 14.3 Å². The van der Waals surface area contributed by atoms with Crippen LogP contribution in [0.3, 0.4) is 0 Å². The van der Waals surface area contributed by atoms with E-state index < -0.39 is 18.2 Å². The molecule has 4 nitrogen and oxygen atoms in total. The first kappa shape index (κ1) is 23.0. The molecule has 1 aromatic carbocycles. The SMILES string of the molecule is C[C@H]1[C@H](O[Si](C)(C)C(C)(C)C)CC[C@@H]2CCC[C@@H](CS(=O)(=O)c3ccccc3)N21. The number of rotatable bonds is 5. The van der Waals surface area contributed by atoms with Gasteiger partial charge in [0.05, 0.1) is 16.8 Å². The van der Waals surface area contributed by atoms with Crippen LogP contribution in [-0.4, -0.2) is 51.6 Å². The van der Waals surface area contributed by atoms with Gasteiger partial charge in [-0.3, -0.25) is 4.90 Å². The first-order valence-electron chi connectivity index (χ1n) is 11.2. The average Bonchev–Trinajstić information content (AvgIpc) is 2.63. The van der Waals surface area contributed by atoms with Gasteiger partial charge in [-0.05, 0) is 62.9 Å². The molecule has 0 amide bonds. The molecule has 4 atom stereocenters. The standard InChI is InChI=1S/C23H39NO3SSi/c1-18-22(27-29(5,6)23(2,3)4)16-15-19-11-10-12-20(24(18)19)17-28(25,26)21-13-8-7-9-14-21/h7-9,13-14,18-20,22H,10-12,15-17H2,1-6H3/t18-,19-,20-,22+/m0/s1. The highest BCUT2D eigenvalue weighted by molar-refractivity contribution is 7.91. The first-order valence-corrected chi connectivity index (χ1v) is 15.7. The van der Waals surface area contributed by atoms with Crippen LogP contribution in [0, 0.1) is 0 Å². The molecule has 2 aliphatic rings. The van der Waals surface area contributed by atoms with Gasteiger partial charge in [0.15, 0.2) is 18.2 Å². The number of benzene rings is 1. The van der Waals surface area contributed by atoms with Crippen LogP contribution < -0.4 is 0 Å². The van der Waals surface area contributed by atoms with Crippen molar-refractivity contribution in [1.29, 1.82) is 0 Å². The van der Waals surface area contributed by atoms with Crippen molar-refractivity contribution in [3.63, 3.8) is 0 Å². The fourth-order valence-electron chi connectivity index (χ4n) is 4.79. The average molecular weight is 438 g/mol. The van der Waals surface area contributed by atoms with E-state index in [4.69, 9.17) is 4.43 Å². The van der Waals surface area contributed by atoms with E-state index in [0.717, 1.165) is 25.7 Å². The minimum absolute atomic E-state index is 0.0831. The third-order valence-corrected chi connectivity index (χ3v) is 13.8. The van der Waals surface area contributed by atoms with E-state index in [-0.39, 0.29) is 29.0 Å².